The minimum atomic E-state index is -0.526. The van der Waals surface area contributed by atoms with E-state index in [0.29, 0.717) is 17.7 Å². The summed E-state index contributed by atoms with van der Waals surface area (Å²) in [6.07, 6.45) is 0.802. The van der Waals surface area contributed by atoms with Gasteiger partial charge in [0.15, 0.2) is 0 Å². The van der Waals surface area contributed by atoms with Crippen molar-refractivity contribution in [3.05, 3.63) is 29.3 Å². The van der Waals surface area contributed by atoms with E-state index >= 15 is 0 Å². The largest absolute Gasteiger partial charge is 0.508 e. The zero-order chi connectivity index (χ0) is 14.7. The summed E-state index contributed by atoms with van der Waals surface area (Å²) in [5.74, 6) is -0.639. The summed E-state index contributed by atoms with van der Waals surface area (Å²) in [5.41, 5.74) is 6.40. The predicted molar refractivity (Wildman–Crippen MR) is 74.3 cm³/mol. The molecule has 0 bridgehead atoms. The van der Waals surface area contributed by atoms with Crippen LogP contribution in [0.5, 0.6) is 5.75 Å². The fourth-order valence-electron chi connectivity index (χ4n) is 2.48. The van der Waals surface area contributed by atoms with Gasteiger partial charge in [0.05, 0.1) is 6.54 Å². The summed E-state index contributed by atoms with van der Waals surface area (Å²) in [6.45, 7) is 3.14. The Labute approximate surface area is 117 Å². The van der Waals surface area contributed by atoms with Crippen LogP contribution in [-0.2, 0) is 4.79 Å². The van der Waals surface area contributed by atoms with Crippen LogP contribution in [0, 0.1) is 6.92 Å². The fraction of sp³-hybridized carbons (Fsp3) is 0.429. The molecule has 1 atom stereocenters. The lowest BCUT2D eigenvalue weighted by Gasteiger charge is -2.28. The number of nitrogens with zero attached hydrogens (tertiary/aromatic N) is 1. The van der Waals surface area contributed by atoms with Gasteiger partial charge in [-0.1, -0.05) is 0 Å². The third-order valence-electron chi connectivity index (χ3n) is 3.50. The topological polar surface area (TPSA) is 95.7 Å². The molecule has 6 heteroatoms. The molecule has 1 unspecified atom stereocenters. The van der Waals surface area contributed by atoms with Crippen molar-refractivity contribution in [2.45, 2.75) is 19.4 Å². The van der Waals surface area contributed by atoms with Crippen LogP contribution in [0.15, 0.2) is 18.2 Å². The molecule has 1 aliphatic rings. The van der Waals surface area contributed by atoms with E-state index in [1.165, 1.54) is 17.0 Å². The van der Waals surface area contributed by atoms with E-state index < -0.39 is 5.91 Å². The first kappa shape index (κ1) is 14.3. The van der Waals surface area contributed by atoms with Gasteiger partial charge in [-0.25, -0.2) is 0 Å². The SMILES string of the molecule is Cc1cc(O)ccc1C(=O)N(CC(N)=O)C1CCNC1. The van der Waals surface area contributed by atoms with Gasteiger partial charge in [0.25, 0.3) is 5.91 Å². The fourth-order valence-corrected chi connectivity index (χ4v) is 2.48. The van der Waals surface area contributed by atoms with Crippen LogP contribution in [0.25, 0.3) is 0 Å². The maximum Gasteiger partial charge on any atom is 0.254 e. The Kier molecular flexibility index (Phi) is 4.24. The van der Waals surface area contributed by atoms with E-state index in [9.17, 15) is 14.7 Å². The Morgan fingerprint density at radius 2 is 2.25 bits per heavy atom. The van der Waals surface area contributed by atoms with Crippen LogP contribution in [-0.4, -0.2) is 47.5 Å². The molecule has 108 valence electrons. The Morgan fingerprint density at radius 3 is 2.80 bits per heavy atom. The summed E-state index contributed by atoms with van der Waals surface area (Å²) in [7, 11) is 0. The molecular formula is C14H19N3O3. The number of phenolic OH excluding ortho intramolecular Hbond substituents is 1. The van der Waals surface area contributed by atoms with Crippen molar-refractivity contribution in [1.82, 2.24) is 10.2 Å². The van der Waals surface area contributed by atoms with Crippen molar-refractivity contribution < 1.29 is 14.7 Å². The average molecular weight is 277 g/mol. The zero-order valence-electron chi connectivity index (χ0n) is 11.4. The molecule has 2 amide bonds. The molecule has 0 radical (unpaired) electrons. The van der Waals surface area contributed by atoms with Crippen molar-refractivity contribution >= 4 is 11.8 Å². The highest BCUT2D eigenvalue weighted by Crippen LogP contribution is 2.19. The van der Waals surface area contributed by atoms with E-state index in [4.69, 9.17) is 5.73 Å². The highest BCUT2D eigenvalue weighted by atomic mass is 16.3. The predicted octanol–water partition coefficient (Wildman–Crippen LogP) is -0.00998. The van der Waals surface area contributed by atoms with Crippen molar-refractivity contribution in [3.63, 3.8) is 0 Å². The molecule has 1 saturated heterocycles. The lowest BCUT2D eigenvalue weighted by molar-refractivity contribution is -0.119. The average Bonchev–Trinajstić information content (AvgIpc) is 2.88. The Bertz CT molecular complexity index is 524. The van der Waals surface area contributed by atoms with Gasteiger partial charge in [0.2, 0.25) is 5.91 Å². The standard InChI is InChI=1S/C14H19N3O3/c1-9-6-11(18)2-3-12(9)14(20)17(8-13(15)19)10-4-5-16-7-10/h2-3,6,10,16,18H,4-5,7-8H2,1H3,(H2,15,19). The van der Waals surface area contributed by atoms with E-state index in [0.717, 1.165) is 13.0 Å². The van der Waals surface area contributed by atoms with Gasteiger partial charge in [0, 0.05) is 18.2 Å². The number of benzene rings is 1. The minimum Gasteiger partial charge on any atom is -0.508 e. The number of carbonyl (C=O) groups is 2. The number of nitrogens with one attached hydrogen (secondary N) is 1. The van der Waals surface area contributed by atoms with Crippen LogP contribution in [0.1, 0.15) is 22.3 Å². The Morgan fingerprint density at radius 1 is 1.50 bits per heavy atom. The molecule has 1 heterocycles. The molecule has 1 aromatic rings. The molecule has 0 aliphatic carbocycles. The lowest BCUT2D eigenvalue weighted by Crippen LogP contribution is -2.46. The van der Waals surface area contributed by atoms with Crippen LogP contribution in [0.2, 0.25) is 0 Å². The first-order chi connectivity index (χ1) is 9.49. The number of aryl methyl sites for hydroxylation is 1. The molecule has 0 saturated carbocycles. The maximum absolute atomic E-state index is 12.6. The van der Waals surface area contributed by atoms with E-state index in [2.05, 4.69) is 5.32 Å². The number of phenols is 1. The Hall–Kier alpha value is -2.08. The molecule has 6 nitrogen and oxygen atoms in total. The number of hydrogen-bond acceptors (Lipinski definition) is 4. The molecule has 1 aromatic carbocycles. The monoisotopic (exact) mass is 277 g/mol. The van der Waals surface area contributed by atoms with E-state index in [1.807, 2.05) is 0 Å². The van der Waals surface area contributed by atoms with Gasteiger partial charge in [-0.2, -0.15) is 0 Å². The zero-order valence-corrected chi connectivity index (χ0v) is 11.4. The van der Waals surface area contributed by atoms with Gasteiger partial charge in [0.1, 0.15) is 5.75 Å². The second-order valence-electron chi connectivity index (χ2n) is 5.05. The normalized spacial score (nSPS) is 17.9. The molecule has 0 spiro atoms. The molecule has 1 aliphatic heterocycles. The molecule has 20 heavy (non-hydrogen) atoms. The molecule has 2 rings (SSSR count). The molecule has 0 aromatic heterocycles. The number of primary amides is 1. The Balaban J connectivity index is 2.27. The lowest BCUT2D eigenvalue weighted by atomic mass is 10.1. The second-order valence-corrected chi connectivity index (χ2v) is 5.05. The number of amides is 2. The van der Waals surface area contributed by atoms with Gasteiger partial charge in [-0.05, 0) is 43.7 Å². The third kappa shape index (κ3) is 3.08. The van der Waals surface area contributed by atoms with Gasteiger partial charge < -0.3 is 21.1 Å². The number of aromatic hydroxyl groups is 1. The number of carbonyl (C=O) groups excluding carboxylic acids is 2. The summed E-state index contributed by atoms with van der Waals surface area (Å²) >= 11 is 0. The summed E-state index contributed by atoms with van der Waals surface area (Å²) in [4.78, 5) is 25.3. The highest BCUT2D eigenvalue weighted by molar-refractivity contribution is 5.98. The molecular weight excluding hydrogens is 258 g/mol. The van der Waals surface area contributed by atoms with Crippen molar-refractivity contribution in [2.75, 3.05) is 19.6 Å². The van der Waals surface area contributed by atoms with Gasteiger partial charge >= 0.3 is 0 Å². The second kappa shape index (κ2) is 5.92. The van der Waals surface area contributed by atoms with Crippen molar-refractivity contribution in [1.29, 1.82) is 0 Å². The molecule has 4 N–H and O–H groups in total. The van der Waals surface area contributed by atoms with E-state index in [1.54, 1.807) is 13.0 Å². The van der Waals surface area contributed by atoms with Gasteiger partial charge in [-0.15, -0.1) is 0 Å². The van der Waals surface area contributed by atoms with E-state index in [-0.39, 0.29) is 24.2 Å². The maximum atomic E-state index is 12.6. The van der Waals surface area contributed by atoms with Crippen LogP contribution < -0.4 is 11.1 Å². The first-order valence-electron chi connectivity index (χ1n) is 6.58. The first-order valence-corrected chi connectivity index (χ1v) is 6.58. The van der Waals surface area contributed by atoms with Gasteiger partial charge in [-0.3, -0.25) is 9.59 Å². The number of rotatable bonds is 4. The van der Waals surface area contributed by atoms with Crippen molar-refractivity contribution in [3.8, 4) is 5.75 Å². The highest BCUT2D eigenvalue weighted by Gasteiger charge is 2.29. The summed E-state index contributed by atoms with van der Waals surface area (Å²) in [6, 6.07) is 4.55. The minimum absolute atomic E-state index is 0.0248. The van der Waals surface area contributed by atoms with Crippen LogP contribution in [0.4, 0.5) is 0 Å². The number of hydrogen-bond donors (Lipinski definition) is 3. The van der Waals surface area contributed by atoms with Crippen LogP contribution in [0.3, 0.4) is 0 Å². The van der Waals surface area contributed by atoms with Crippen LogP contribution >= 0.6 is 0 Å². The molecule has 1 fully saturated rings. The smallest absolute Gasteiger partial charge is 0.254 e. The quantitative estimate of drug-likeness (QED) is 0.721. The number of nitrogens with two attached hydrogens (primary N) is 1. The summed E-state index contributed by atoms with van der Waals surface area (Å²) < 4.78 is 0. The van der Waals surface area contributed by atoms with Crippen molar-refractivity contribution in [2.24, 2.45) is 5.73 Å². The third-order valence-corrected chi connectivity index (χ3v) is 3.50. The summed E-state index contributed by atoms with van der Waals surface area (Å²) in [5, 5.41) is 12.6.